The Morgan fingerprint density at radius 2 is 2.33 bits per heavy atom. The molecule has 0 saturated carbocycles. The maximum Gasteiger partial charge on any atom is 0.315 e. The second-order valence-electron chi connectivity index (χ2n) is 3.26. The van der Waals surface area contributed by atoms with E-state index in [0.29, 0.717) is 18.9 Å². The average Bonchev–Trinajstić information content (AvgIpc) is 2.51. The van der Waals surface area contributed by atoms with Crippen LogP contribution in [0.25, 0.3) is 0 Å². The Labute approximate surface area is 87.2 Å². The molecule has 0 spiro atoms. The van der Waals surface area contributed by atoms with E-state index in [4.69, 9.17) is 15.9 Å². The van der Waals surface area contributed by atoms with Gasteiger partial charge in [-0.2, -0.15) is 0 Å². The van der Waals surface area contributed by atoms with Crippen LogP contribution in [0.5, 0.6) is 0 Å². The van der Waals surface area contributed by atoms with Gasteiger partial charge in [-0.05, 0) is 6.92 Å². The van der Waals surface area contributed by atoms with Gasteiger partial charge in [0, 0.05) is 25.4 Å². The minimum atomic E-state index is -0.378. The number of carbonyl (C=O) groups excluding carboxylic acids is 1. The maximum absolute atomic E-state index is 10.6. The van der Waals surface area contributed by atoms with Crippen molar-refractivity contribution in [3.05, 3.63) is 5.89 Å². The summed E-state index contributed by atoms with van der Waals surface area (Å²) in [6, 6.07) is 0.154. The Balaban J connectivity index is 2.45. The molecular weight excluding hydrogens is 198 g/mol. The SMILES string of the molecule is CC(CC(N)=O)Nc1nnc(CCN)o1. The van der Waals surface area contributed by atoms with Gasteiger partial charge in [0.25, 0.3) is 0 Å². The molecule has 1 aromatic heterocycles. The lowest BCUT2D eigenvalue weighted by Crippen LogP contribution is -2.24. The van der Waals surface area contributed by atoms with Crippen LogP contribution >= 0.6 is 0 Å². The fourth-order valence-corrected chi connectivity index (χ4v) is 1.10. The second-order valence-corrected chi connectivity index (χ2v) is 3.26. The Hall–Kier alpha value is -1.63. The average molecular weight is 213 g/mol. The van der Waals surface area contributed by atoms with Crippen molar-refractivity contribution in [2.75, 3.05) is 11.9 Å². The molecule has 7 nitrogen and oxygen atoms in total. The van der Waals surface area contributed by atoms with Crippen LogP contribution in [0, 0.1) is 0 Å². The van der Waals surface area contributed by atoms with E-state index >= 15 is 0 Å². The molecule has 0 aliphatic rings. The van der Waals surface area contributed by atoms with Crippen molar-refractivity contribution < 1.29 is 9.21 Å². The van der Waals surface area contributed by atoms with E-state index in [1.807, 2.05) is 0 Å². The lowest BCUT2D eigenvalue weighted by molar-refractivity contribution is -0.118. The van der Waals surface area contributed by atoms with Gasteiger partial charge in [0.05, 0.1) is 0 Å². The number of anilines is 1. The molecule has 1 amide bonds. The molecule has 0 radical (unpaired) electrons. The monoisotopic (exact) mass is 213 g/mol. The fraction of sp³-hybridized carbons (Fsp3) is 0.625. The van der Waals surface area contributed by atoms with Crippen LogP contribution < -0.4 is 16.8 Å². The third-order valence-corrected chi connectivity index (χ3v) is 1.70. The highest BCUT2D eigenvalue weighted by Gasteiger charge is 2.10. The highest BCUT2D eigenvalue weighted by molar-refractivity contribution is 5.74. The van der Waals surface area contributed by atoms with Crippen LogP contribution in [0.1, 0.15) is 19.2 Å². The molecule has 5 N–H and O–H groups in total. The van der Waals surface area contributed by atoms with E-state index in [2.05, 4.69) is 15.5 Å². The summed E-state index contributed by atoms with van der Waals surface area (Å²) in [5, 5.41) is 10.4. The van der Waals surface area contributed by atoms with Crippen molar-refractivity contribution in [1.82, 2.24) is 10.2 Å². The molecule has 1 rings (SSSR count). The van der Waals surface area contributed by atoms with Gasteiger partial charge in [-0.15, -0.1) is 5.10 Å². The van der Waals surface area contributed by atoms with E-state index in [0.717, 1.165) is 0 Å². The molecule has 15 heavy (non-hydrogen) atoms. The van der Waals surface area contributed by atoms with Crippen LogP contribution in [0.2, 0.25) is 0 Å². The van der Waals surface area contributed by atoms with Gasteiger partial charge >= 0.3 is 6.01 Å². The van der Waals surface area contributed by atoms with Crippen molar-refractivity contribution in [3.63, 3.8) is 0 Å². The molecule has 0 saturated heterocycles. The van der Waals surface area contributed by atoms with Crippen LogP contribution in [0.15, 0.2) is 4.42 Å². The maximum atomic E-state index is 10.6. The summed E-state index contributed by atoms with van der Waals surface area (Å²) in [6.45, 7) is 2.26. The van der Waals surface area contributed by atoms with Gasteiger partial charge < -0.3 is 21.2 Å². The lowest BCUT2D eigenvalue weighted by Gasteiger charge is -2.08. The zero-order chi connectivity index (χ0) is 11.3. The standard InChI is InChI=1S/C8H15N5O2/c1-5(4-6(10)14)11-8-13-12-7(15-8)2-3-9/h5H,2-4,9H2,1H3,(H2,10,14)(H,11,13). The number of nitrogens with two attached hydrogens (primary N) is 2. The summed E-state index contributed by atoms with van der Waals surface area (Å²) in [4.78, 5) is 10.6. The number of primary amides is 1. The van der Waals surface area contributed by atoms with Crippen molar-refractivity contribution in [3.8, 4) is 0 Å². The number of amides is 1. The Morgan fingerprint density at radius 3 is 2.93 bits per heavy atom. The van der Waals surface area contributed by atoms with Crippen molar-refractivity contribution >= 4 is 11.9 Å². The van der Waals surface area contributed by atoms with E-state index in [-0.39, 0.29) is 24.4 Å². The predicted octanol–water partition coefficient (Wildman–Crippen LogP) is -0.753. The summed E-state index contributed by atoms with van der Waals surface area (Å²) < 4.78 is 5.21. The van der Waals surface area contributed by atoms with Gasteiger partial charge in [0.15, 0.2) is 0 Å². The third-order valence-electron chi connectivity index (χ3n) is 1.70. The number of nitrogens with one attached hydrogen (secondary N) is 1. The Morgan fingerprint density at radius 1 is 1.60 bits per heavy atom. The van der Waals surface area contributed by atoms with Gasteiger partial charge in [0.1, 0.15) is 0 Å². The predicted molar refractivity (Wildman–Crippen MR) is 54.0 cm³/mol. The number of hydrogen-bond acceptors (Lipinski definition) is 6. The van der Waals surface area contributed by atoms with E-state index < -0.39 is 0 Å². The molecule has 0 aliphatic carbocycles. The zero-order valence-corrected chi connectivity index (χ0v) is 8.56. The number of hydrogen-bond donors (Lipinski definition) is 3. The van der Waals surface area contributed by atoms with Gasteiger partial charge in [-0.25, -0.2) is 0 Å². The second kappa shape index (κ2) is 5.30. The van der Waals surface area contributed by atoms with Gasteiger partial charge in [-0.1, -0.05) is 5.10 Å². The molecular formula is C8H15N5O2. The molecule has 0 fully saturated rings. The quantitative estimate of drug-likeness (QED) is 0.571. The molecule has 7 heteroatoms. The number of carbonyl (C=O) groups is 1. The summed E-state index contributed by atoms with van der Waals surface area (Å²) in [5.74, 6) is 0.1000. The number of nitrogens with zero attached hydrogens (tertiary/aromatic N) is 2. The van der Waals surface area contributed by atoms with Crippen molar-refractivity contribution in [2.45, 2.75) is 25.8 Å². The first kappa shape index (κ1) is 11.4. The molecule has 1 atom stereocenters. The summed E-state index contributed by atoms with van der Waals surface area (Å²) in [6.07, 6.45) is 0.757. The fourth-order valence-electron chi connectivity index (χ4n) is 1.10. The van der Waals surface area contributed by atoms with Crippen LogP contribution in [-0.4, -0.2) is 28.7 Å². The molecule has 1 aromatic rings. The zero-order valence-electron chi connectivity index (χ0n) is 8.56. The van der Waals surface area contributed by atoms with Crippen molar-refractivity contribution in [2.24, 2.45) is 11.5 Å². The van der Waals surface area contributed by atoms with Gasteiger partial charge in [-0.3, -0.25) is 4.79 Å². The Bertz CT molecular complexity index is 325. The molecule has 0 aliphatic heterocycles. The van der Waals surface area contributed by atoms with Crippen LogP contribution in [0.4, 0.5) is 6.01 Å². The van der Waals surface area contributed by atoms with Crippen LogP contribution in [0.3, 0.4) is 0 Å². The molecule has 84 valence electrons. The van der Waals surface area contributed by atoms with Gasteiger partial charge in [0.2, 0.25) is 11.8 Å². The lowest BCUT2D eigenvalue weighted by atomic mass is 10.2. The molecule has 1 heterocycles. The normalized spacial score (nSPS) is 12.4. The number of rotatable bonds is 6. The molecule has 0 aromatic carbocycles. The minimum absolute atomic E-state index is 0.131. The van der Waals surface area contributed by atoms with Crippen molar-refractivity contribution in [1.29, 1.82) is 0 Å². The minimum Gasteiger partial charge on any atom is -0.408 e. The Kier molecular flexibility index (Phi) is 4.04. The van der Waals surface area contributed by atoms with Crippen LogP contribution in [-0.2, 0) is 11.2 Å². The summed E-state index contributed by atoms with van der Waals surface area (Å²) in [7, 11) is 0. The third kappa shape index (κ3) is 3.94. The smallest absolute Gasteiger partial charge is 0.315 e. The highest BCUT2D eigenvalue weighted by Crippen LogP contribution is 2.08. The summed E-state index contributed by atoms with van der Waals surface area (Å²) >= 11 is 0. The highest BCUT2D eigenvalue weighted by atomic mass is 16.4. The largest absolute Gasteiger partial charge is 0.408 e. The van der Waals surface area contributed by atoms with E-state index in [9.17, 15) is 4.79 Å². The first-order valence-electron chi connectivity index (χ1n) is 4.69. The molecule has 0 bridgehead atoms. The first-order chi connectivity index (χ1) is 7.11. The number of aromatic nitrogens is 2. The van der Waals surface area contributed by atoms with E-state index in [1.54, 1.807) is 6.92 Å². The summed E-state index contributed by atoms with van der Waals surface area (Å²) in [5.41, 5.74) is 10.4. The topological polar surface area (TPSA) is 120 Å². The molecule has 1 unspecified atom stereocenters. The van der Waals surface area contributed by atoms with E-state index in [1.165, 1.54) is 0 Å². The first-order valence-corrected chi connectivity index (χ1v) is 4.69.